The number of aryl methyl sites for hydroxylation is 1. The van der Waals surface area contributed by atoms with Crippen LogP contribution in [-0.4, -0.2) is 25.0 Å². The number of alkyl halides is 1. The molecule has 0 amide bonds. The monoisotopic (exact) mass is 268 g/mol. The molecular weight excluding hydrogens is 256 g/mol. The quantitative estimate of drug-likeness (QED) is 0.796. The van der Waals surface area contributed by atoms with E-state index in [1.54, 1.807) is 6.20 Å². The van der Waals surface area contributed by atoms with E-state index >= 15 is 0 Å². The minimum atomic E-state index is -3.19. The zero-order valence-electron chi connectivity index (χ0n) is 8.36. The highest BCUT2D eigenvalue weighted by Crippen LogP contribution is 2.11. The minimum Gasteiger partial charge on any atom is -0.250 e. The summed E-state index contributed by atoms with van der Waals surface area (Å²) in [6, 6.07) is 0. The van der Waals surface area contributed by atoms with Gasteiger partial charge >= 0.3 is 0 Å². The summed E-state index contributed by atoms with van der Waals surface area (Å²) in [7, 11) is -3.19. The molecule has 1 rings (SSSR count). The van der Waals surface area contributed by atoms with Crippen molar-refractivity contribution in [1.82, 2.24) is 9.71 Å². The van der Waals surface area contributed by atoms with Crippen LogP contribution in [0.5, 0.6) is 0 Å². The van der Waals surface area contributed by atoms with E-state index in [1.807, 2.05) is 6.92 Å². The third kappa shape index (κ3) is 4.92. The van der Waals surface area contributed by atoms with Crippen LogP contribution in [0.25, 0.3) is 0 Å². The van der Waals surface area contributed by atoms with Crippen LogP contribution in [0.3, 0.4) is 0 Å². The maximum Gasteiger partial charge on any atom is 0.211 e. The molecule has 0 atom stereocenters. The highest BCUT2D eigenvalue weighted by atomic mass is 35.5. The third-order valence-electron chi connectivity index (χ3n) is 1.68. The zero-order valence-corrected chi connectivity index (χ0v) is 10.8. The molecule has 0 bridgehead atoms. The number of aromatic nitrogens is 1. The Morgan fingerprint density at radius 2 is 2.33 bits per heavy atom. The molecule has 7 heteroatoms. The first kappa shape index (κ1) is 12.9. The van der Waals surface area contributed by atoms with E-state index in [4.69, 9.17) is 11.6 Å². The zero-order chi connectivity index (χ0) is 11.3. The van der Waals surface area contributed by atoms with Gasteiger partial charge in [-0.15, -0.1) is 22.9 Å². The minimum absolute atomic E-state index is 0.0777. The summed E-state index contributed by atoms with van der Waals surface area (Å²) in [6.45, 7) is 2.20. The van der Waals surface area contributed by atoms with Crippen molar-refractivity contribution in [2.75, 3.05) is 11.6 Å². The highest BCUT2D eigenvalue weighted by Gasteiger charge is 2.09. The molecular formula is C8H13ClN2O2S2. The van der Waals surface area contributed by atoms with E-state index in [-0.39, 0.29) is 5.75 Å². The van der Waals surface area contributed by atoms with Gasteiger partial charge in [0.2, 0.25) is 10.0 Å². The Balaban J connectivity index is 2.42. The number of thiazole rings is 1. The lowest BCUT2D eigenvalue weighted by molar-refractivity contribution is 0.580. The normalized spacial score (nSPS) is 11.9. The third-order valence-corrected chi connectivity index (χ3v) is 4.27. The lowest BCUT2D eigenvalue weighted by Gasteiger charge is -2.03. The van der Waals surface area contributed by atoms with Crippen molar-refractivity contribution < 1.29 is 8.42 Å². The van der Waals surface area contributed by atoms with Crippen molar-refractivity contribution in [2.24, 2.45) is 0 Å². The molecule has 0 aliphatic rings. The molecule has 0 fully saturated rings. The van der Waals surface area contributed by atoms with Crippen molar-refractivity contribution in [2.45, 2.75) is 19.9 Å². The van der Waals surface area contributed by atoms with Crippen LogP contribution in [-0.2, 0) is 16.6 Å². The van der Waals surface area contributed by atoms with Crippen molar-refractivity contribution in [3.63, 3.8) is 0 Å². The molecule has 1 aromatic rings. The molecule has 1 heterocycles. The predicted octanol–water partition coefficient (Wildman–Crippen LogP) is 1.50. The first-order valence-electron chi connectivity index (χ1n) is 4.48. The molecule has 0 saturated heterocycles. The van der Waals surface area contributed by atoms with Gasteiger partial charge < -0.3 is 0 Å². The number of rotatable bonds is 6. The Bertz CT molecular complexity index is 403. The summed E-state index contributed by atoms with van der Waals surface area (Å²) in [5.41, 5.74) is 0. The maximum absolute atomic E-state index is 11.4. The van der Waals surface area contributed by atoms with Crippen molar-refractivity contribution in [3.8, 4) is 0 Å². The Labute approximate surface area is 98.7 Å². The number of halogens is 1. The Morgan fingerprint density at radius 1 is 1.60 bits per heavy atom. The predicted molar refractivity (Wildman–Crippen MR) is 62.8 cm³/mol. The first-order chi connectivity index (χ1) is 7.03. The van der Waals surface area contributed by atoms with E-state index in [2.05, 4.69) is 9.71 Å². The van der Waals surface area contributed by atoms with Crippen LogP contribution < -0.4 is 4.72 Å². The van der Waals surface area contributed by atoms with Crippen molar-refractivity contribution in [1.29, 1.82) is 0 Å². The SMILES string of the molecule is Cc1ncc(CNS(=O)(=O)CCCCl)s1. The first-order valence-corrected chi connectivity index (χ1v) is 7.48. The average Bonchev–Trinajstić information content (AvgIpc) is 2.59. The lowest BCUT2D eigenvalue weighted by Crippen LogP contribution is -2.25. The van der Waals surface area contributed by atoms with Crippen LogP contribution in [0.2, 0.25) is 0 Å². The smallest absolute Gasteiger partial charge is 0.211 e. The van der Waals surface area contributed by atoms with Crippen molar-refractivity contribution in [3.05, 3.63) is 16.1 Å². The summed E-state index contributed by atoms with van der Waals surface area (Å²) >= 11 is 6.92. The second-order valence-corrected chi connectivity index (χ2v) is 6.65. The van der Waals surface area contributed by atoms with Crippen LogP contribution in [0.15, 0.2) is 6.20 Å². The number of hydrogen-bond acceptors (Lipinski definition) is 4. The van der Waals surface area contributed by atoms with E-state index in [0.717, 1.165) is 9.88 Å². The van der Waals surface area contributed by atoms with Gasteiger partial charge in [0.05, 0.1) is 10.8 Å². The fourth-order valence-electron chi connectivity index (χ4n) is 0.985. The number of nitrogens with one attached hydrogen (secondary N) is 1. The van der Waals surface area contributed by atoms with E-state index in [1.165, 1.54) is 11.3 Å². The molecule has 15 heavy (non-hydrogen) atoms. The highest BCUT2D eigenvalue weighted by molar-refractivity contribution is 7.89. The Morgan fingerprint density at radius 3 is 2.87 bits per heavy atom. The average molecular weight is 269 g/mol. The van der Waals surface area contributed by atoms with Gasteiger partial charge in [0.15, 0.2) is 0 Å². The number of nitrogens with zero attached hydrogens (tertiary/aromatic N) is 1. The molecule has 86 valence electrons. The molecule has 0 aliphatic carbocycles. The van der Waals surface area contributed by atoms with Gasteiger partial charge in [-0.05, 0) is 13.3 Å². The lowest BCUT2D eigenvalue weighted by atomic mass is 10.6. The molecule has 0 saturated carbocycles. The van der Waals surface area contributed by atoms with E-state index in [9.17, 15) is 8.42 Å². The molecule has 1 N–H and O–H groups in total. The van der Waals surface area contributed by atoms with Crippen LogP contribution >= 0.6 is 22.9 Å². The van der Waals surface area contributed by atoms with E-state index < -0.39 is 10.0 Å². The Hall–Kier alpha value is -0.170. The maximum atomic E-state index is 11.4. The van der Waals surface area contributed by atoms with Crippen molar-refractivity contribution >= 4 is 33.0 Å². The largest absolute Gasteiger partial charge is 0.250 e. The fourth-order valence-corrected chi connectivity index (χ4v) is 3.15. The van der Waals surface area contributed by atoms with Gasteiger partial charge in [0, 0.05) is 23.5 Å². The summed E-state index contributed by atoms with van der Waals surface area (Å²) in [4.78, 5) is 4.96. The summed E-state index contributed by atoms with van der Waals surface area (Å²) < 4.78 is 25.3. The molecule has 0 spiro atoms. The topological polar surface area (TPSA) is 59.1 Å². The van der Waals surface area contributed by atoms with Gasteiger partial charge in [0.25, 0.3) is 0 Å². The van der Waals surface area contributed by atoms with E-state index in [0.29, 0.717) is 18.8 Å². The second kappa shape index (κ2) is 5.79. The molecule has 0 aliphatic heterocycles. The summed E-state index contributed by atoms with van der Waals surface area (Å²) in [5, 5.41) is 0.935. The van der Waals surface area contributed by atoms with Gasteiger partial charge in [-0.2, -0.15) is 0 Å². The molecule has 0 aromatic carbocycles. The second-order valence-electron chi connectivity index (χ2n) is 3.03. The number of hydrogen-bond donors (Lipinski definition) is 1. The standard InChI is InChI=1S/C8H13ClN2O2S2/c1-7-10-5-8(14-7)6-11-15(12,13)4-2-3-9/h5,11H,2-4,6H2,1H3. The van der Waals surface area contributed by atoms with Gasteiger partial charge in [-0.1, -0.05) is 0 Å². The number of sulfonamides is 1. The fraction of sp³-hybridized carbons (Fsp3) is 0.625. The molecule has 0 unspecified atom stereocenters. The molecule has 1 aromatic heterocycles. The molecule has 4 nitrogen and oxygen atoms in total. The Kier molecular flexibility index (Phi) is 4.98. The molecule has 0 radical (unpaired) electrons. The van der Waals surface area contributed by atoms with Gasteiger partial charge in [-0.25, -0.2) is 18.1 Å². The summed E-state index contributed by atoms with van der Waals surface area (Å²) in [5.74, 6) is 0.439. The summed E-state index contributed by atoms with van der Waals surface area (Å²) in [6.07, 6.45) is 2.16. The van der Waals surface area contributed by atoms with Gasteiger partial charge in [0.1, 0.15) is 0 Å². The van der Waals surface area contributed by atoms with Gasteiger partial charge in [-0.3, -0.25) is 0 Å². The van der Waals surface area contributed by atoms with Crippen LogP contribution in [0.4, 0.5) is 0 Å². The van der Waals surface area contributed by atoms with Crippen LogP contribution in [0.1, 0.15) is 16.3 Å². The van der Waals surface area contributed by atoms with Crippen LogP contribution in [0, 0.1) is 6.92 Å².